The maximum absolute atomic E-state index is 12.1. The molecule has 2 rings (SSSR count). The van der Waals surface area contributed by atoms with E-state index in [0.717, 1.165) is 4.57 Å². The van der Waals surface area contributed by atoms with Crippen LogP contribution >= 0.6 is 0 Å². The average molecular weight is 239 g/mol. The van der Waals surface area contributed by atoms with Crippen LogP contribution in [0.4, 0.5) is 0 Å². The van der Waals surface area contributed by atoms with E-state index in [1.165, 1.54) is 4.57 Å². The Kier molecular flexibility index (Phi) is 2.62. The molecule has 92 valence electrons. The van der Waals surface area contributed by atoms with Crippen LogP contribution in [0.3, 0.4) is 0 Å². The third kappa shape index (κ3) is 1.50. The number of nitrogens with zero attached hydrogens (tertiary/aromatic N) is 4. The van der Waals surface area contributed by atoms with Gasteiger partial charge in [0.15, 0.2) is 6.33 Å². The Morgan fingerprint density at radius 1 is 1.35 bits per heavy atom. The molecule has 2 heterocycles. The van der Waals surface area contributed by atoms with Crippen LogP contribution in [0.5, 0.6) is 0 Å². The first-order chi connectivity index (χ1) is 7.99. The molecule has 0 amide bonds. The lowest BCUT2D eigenvalue weighted by Gasteiger charge is -2.03. The summed E-state index contributed by atoms with van der Waals surface area (Å²) in [4.78, 5) is 24.1. The molecule has 0 aliphatic heterocycles. The molecular weight excluding hydrogens is 224 g/mol. The molecule has 0 saturated carbocycles. The Bertz CT molecular complexity index is 692. The largest absolute Gasteiger partial charge is 0.395 e. The van der Waals surface area contributed by atoms with Crippen molar-refractivity contribution in [2.45, 2.75) is 6.54 Å². The normalized spacial score (nSPS) is 11.3. The average Bonchev–Trinajstić information content (AvgIpc) is 2.57. The first-order valence-electron chi connectivity index (χ1n) is 5.24. The molecule has 7 heteroatoms. The van der Waals surface area contributed by atoms with Crippen molar-refractivity contribution in [1.82, 2.24) is 13.7 Å². The SMILES string of the molecule is Cn1c[n+](C)c2c1c(=O)n(CCO)c(=O)n2C. The quantitative estimate of drug-likeness (QED) is 0.608. The Labute approximate surface area is 96.8 Å². The molecule has 1 N–H and O–H groups in total. The minimum atomic E-state index is -0.418. The van der Waals surface area contributed by atoms with Crippen LogP contribution in [0.2, 0.25) is 0 Å². The second kappa shape index (κ2) is 3.85. The fourth-order valence-electron chi connectivity index (χ4n) is 2.12. The molecule has 17 heavy (non-hydrogen) atoms. The standard InChI is InChI=1S/C10H15N4O3/c1-11-6-12(2)8-7(11)9(16)14(4-5-15)10(17)13(8)3/h6,15H,4-5H2,1-3H3/q+1. The summed E-state index contributed by atoms with van der Waals surface area (Å²) in [7, 11) is 5.13. The van der Waals surface area contributed by atoms with E-state index in [9.17, 15) is 9.59 Å². The van der Waals surface area contributed by atoms with Crippen molar-refractivity contribution in [2.24, 2.45) is 21.1 Å². The molecule has 0 radical (unpaired) electrons. The van der Waals surface area contributed by atoms with Gasteiger partial charge in [-0.3, -0.25) is 9.36 Å². The molecule has 0 bridgehead atoms. The molecule has 7 nitrogen and oxygen atoms in total. The molecule has 0 fully saturated rings. The fourth-order valence-corrected chi connectivity index (χ4v) is 2.12. The maximum Gasteiger partial charge on any atom is 0.389 e. The van der Waals surface area contributed by atoms with Gasteiger partial charge in [-0.2, -0.15) is 0 Å². The van der Waals surface area contributed by atoms with E-state index in [-0.39, 0.29) is 18.7 Å². The lowest BCUT2D eigenvalue weighted by atomic mass is 10.5. The van der Waals surface area contributed by atoms with Gasteiger partial charge in [0.25, 0.3) is 5.65 Å². The lowest BCUT2D eigenvalue weighted by molar-refractivity contribution is -0.648. The van der Waals surface area contributed by atoms with Gasteiger partial charge in [0.2, 0.25) is 5.52 Å². The Hall–Kier alpha value is -1.89. The van der Waals surface area contributed by atoms with Gasteiger partial charge in [-0.15, -0.1) is 0 Å². The van der Waals surface area contributed by atoms with Crippen LogP contribution in [0.25, 0.3) is 11.2 Å². The number of hydrogen-bond donors (Lipinski definition) is 1. The number of aliphatic hydroxyl groups is 1. The zero-order valence-corrected chi connectivity index (χ0v) is 10.0. The van der Waals surface area contributed by atoms with Crippen LogP contribution in [0.1, 0.15) is 0 Å². The molecule has 0 aliphatic carbocycles. The van der Waals surface area contributed by atoms with Crippen molar-refractivity contribution in [3.05, 3.63) is 27.2 Å². The Morgan fingerprint density at radius 3 is 2.59 bits per heavy atom. The third-order valence-electron chi connectivity index (χ3n) is 2.85. The number of imidazole rings is 1. The summed E-state index contributed by atoms with van der Waals surface area (Å²) in [5, 5.41) is 8.89. The van der Waals surface area contributed by atoms with Crippen LogP contribution in [0.15, 0.2) is 15.9 Å². The highest BCUT2D eigenvalue weighted by atomic mass is 16.3. The minimum absolute atomic E-state index is 0.0103. The van der Waals surface area contributed by atoms with Gasteiger partial charge < -0.3 is 5.11 Å². The molecular formula is C10H15N4O3+. The number of hydrogen-bond acceptors (Lipinski definition) is 3. The summed E-state index contributed by atoms with van der Waals surface area (Å²) in [6.45, 7) is -0.229. The monoisotopic (exact) mass is 239 g/mol. The molecule has 0 aromatic carbocycles. The summed E-state index contributed by atoms with van der Waals surface area (Å²) in [6.07, 6.45) is 1.73. The van der Waals surface area contributed by atoms with E-state index >= 15 is 0 Å². The van der Waals surface area contributed by atoms with Crippen LogP contribution in [0, 0.1) is 0 Å². The Balaban J connectivity index is 3.03. The summed E-state index contributed by atoms with van der Waals surface area (Å²) in [5.41, 5.74) is 0.221. The van der Waals surface area contributed by atoms with Crippen LogP contribution in [-0.4, -0.2) is 25.4 Å². The van der Waals surface area contributed by atoms with Crippen LogP contribution < -0.4 is 15.8 Å². The van der Waals surface area contributed by atoms with Gasteiger partial charge in [0.1, 0.15) is 0 Å². The molecule has 0 unspecified atom stereocenters. The molecule has 0 spiro atoms. The van der Waals surface area contributed by atoms with Crippen molar-refractivity contribution >= 4 is 11.2 Å². The predicted octanol–water partition coefficient (Wildman–Crippen LogP) is -2.14. The van der Waals surface area contributed by atoms with Gasteiger partial charge >= 0.3 is 11.2 Å². The topological polar surface area (TPSA) is 73.0 Å². The van der Waals surface area contributed by atoms with Crippen molar-refractivity contribution < 1.29 is 9.67 Å². The highest BCUT2D eigenvalue weighted by Gasteiger charge is 2.21. The van der Waals surface area contributed by atoms with Crippen molar-refractivity contribution in [1.29, 1.82) is 0 Å². The number of aromatic nitrogens is 4. The van der Waals surface area contributed by atoms with Gasteiger partial charge in [-0.25, -0.2) is 18.5 Å². The third-order valence-corrected chi connectivity index (χ3v) is 2.85. The minimum Gasteiger partial charge on any atom is -0.395 e. The van der Waals surface area contributed by atoms with Gasteiger partial charge in [-0.05, 0) is 0 Å². The molecule has 0 aliphatic rings. The van der Waals surface area contributed by atoms with Crippen molar-refractivity contribution in [2.75, 3.05) is 6.61 Å². The summed E-state index contributed by atoms with van der Waals surface area (Å²) < 4.78 is 5.85. The zero-order valence-electron chi connectivity index (χ0n) is 10.0. The van der Waals surface area contributed by atoms with E-state index in [4.69, 9.17) is 5.11 Å². The molecule has 0 atom stereocenters. The van der Waals surface area contributed by atoms with Crippen LogP contribution in [-0.2, 0) is 27.7 Å². The van der Waals surface area contributed by atoms with E-state index < -0.39 is 5.69 Å². The van der Waals surface area contributed by atoms with Gasteiger partial charge in [-0.1, -0.05) is 0 Å². The lowest BCUT2D eigenvalue weighted by Crippen LogP contribution is -2.43. The predicted molar refractivity (Wildman–Crippen MR) is 60.7 cm³/mol. The molecule has 2 aromatic rings. The van der Waals surface area contributed by atoms with Gasteiger partial charge in [0, 0.05) is 0 Å². The van der Waals surface area contributed by atoms with E-state index in [1.807, 2.05) is 0 Å². The number of aryl methyl sites for hydroxylation is 3. The van der Waals surface area contributed by atoms with E-state index in [1.54, 1.807) is 36.6 Å². The van der Waals surface area contributed by atoms with Crippen molar-refractivity contribution in [3.8, 4) is 0 Å². The first-order valence-corrected chi connectivity index (χ1v) is 5.24. The van der Waals surface area contributed by atoms with E-state index in [2.05, 4.69) is 0 Å². The summed E-state index contributed by atoms with van der Waals surface area (Å²) in [6, 6.07) is 0. The molecule has 2 aromatic heterocycles. The molecule has 0 saturated heterocycles. The second-order valence-corrected chi connectivity index (χ2v) is 4.03. The second-order valence-electron chi connectivity index (χ2n) is 4.03. The van der Waals surface area contributed by atoms with Crippen molar-refractivity contribution in [3.63, 3.8) is 0 Å². The highest BCUT2D eigenvalue weighted by Crippen LogP contribution is 2.00. The fraction of sp³-hybridized carbons (Fsp3) is 0.500. The smallest absolute Gasteiger partial charge is 0.389 e. The first kappa shape index (κ1) is 11.6. The number of aliphatic hydroxyl groups excluding tert-OH is 1. The van der Waals surface area contributed by atoms with Gasteiger partial charge in [0.05, 0.1) is 34.3 Å². The zero-order chi connectivity index (χ0) is 12.7. The highest BCUT2D eigenvalue weighted by molar-refractivity contribution is 5.66. The number of fused-ring (bicyclic) bond motifs is 1. The maximum atomic E-state index is 12.1. The number of rotatable bonds is 2. The summed E-state index contributed by atoms with van der Waals surface area (Å²) >= 11 is 0. The Morgan fingerprint density at radius 2 is 2.00 bits per heavy atom. The summed E-state index contributed by atoms with van der Waals surface area (Å²) in [5.74, 6) is 0. The van der Waals surface area contributed by atoms with E-state index in [0.29, 0.717) is 11.2 Å².